The standard InChI is InChI=1S/C15H15N3S/c16-8-14-10-18-15(19-14)17-9-11-5-6-12-3-1-2-4-13(12)7-11/h1-7,10H,8-9,16H2,(H,17,18). The first kappa shape index (κ1) is 12.1. The molecule has 0 amide bonds. The van der Waals surface area contributed by atoms with Crippen LogP contribution in [0.3, 0.4) is 0 Å². The SMILES string of the molecule is NCc1cnc(NCc2ccc3ccccc3c2)s1. The van der Waals surface area contributed by atoms with Crippen LogP contribution in [0.15, 0.2) is 48.7 Å². The Hall–Kier alpha value is -1.91. The lowest BCUT2D eigenvalue weighted by molar-refractivity contribution is 1.09. The topological polar surface area (TPSA) is 50.9 Å². The molecule has 0 bridgehead atoms. The Morgan fingerprint density at radius 2 is 1.95 bits per heavy atom. The fourth-order valence-electron chi connectivity index (χ4n) is 2.01. The Morgan fingerprint density at radius 3 is 2.74 bits per heavy atom. The largest absolute Gasteiger partial charge is 0.357 e. The van der Waals surface area contributed by atoms with Crippen LogP contribution in [0.25, 0.3) is 10.8 Å². The average molecular weight is 269 g/mol. The third-order valence-electron chi connectivity index (χ3n) is 3.01. The van der Waals surface area contributed by atoms with E-state index in [0.717, 1.165) is 16.6 Å². The first-order chi connectivity index (χ1) is 9.35. The number of nitrogens with one attached hydrogen (secondary N) is 1. The smallest absolute Gasteiger partial charge is 0.183 e. The van der Waals surface area contributed by atoms with Gasteiger partial charge in [-0.05, 0) is 22.4 Å². The summed E-state index contributed by atoms with van der Waals surface area (Å²) < 4.78 is 0. The molecule has 96 valence electrons. The summed E-state index contributed by atoms with van der Waals surface area (Å²) in [7, 11) is 0. The van der Waals surface area contributed by atoms with E-state index in [1.54, 1.807) is 11.3 Å². The Balaban J connectivity index is 1.74. The number of rotatable bonds is 4. The van der Waals surface area contributed by atoms with E-state index in [2.05, 4.69) is 52.8 Å². The molecule has 19 heavy (non-hydrogen) atoms. The minimum absolute atomic E-state index is 0.551. The predicted octanol–water partition coefficient (Wildman–Crippen LogP) is 3.37. The molecule has 0 unspecified atom stereocenters. The van der Waals surface area contributed by atoms with E-state index in [1.807, 2.05) is 6.20 Å². The molecule has 0 radical (unpaired) electrons. The van der Waals surface area contributed by atoms with Crippen LogP contribution in [0.5, 0.6) is 0 Å². The van der Waals surface area contributed by atoms with Gasteiger partial charge in [-0.3, -0.25) is 0 Å². The first-order valence-corrected chi connectivity index (χ1v) is 7.03. The quantitative estimate of drug-likeness (QED) is 0.763. The van der Waals surface area contributed by atoms with Crippen molar-refractivity contribution in [2.45, 2.75) is 13.1 Å². The molecule has 0 saturated heterocycles. The van der Waals surface area contributed by atoms with Crippen molar-refractivity contribution >= 4 is 27.2 Å². The second kappa shape index (κ2) is 5.38. The Morgan fingerprint density at radius 1 is 1.11 bits per heavy atom. The summed E-state index contributed by atoms with van der Waals surface area (Å²) in [6.07, 6.45) is 1.83. The van der Waals surface area contributed by atoms with Gasteiger partial charge in [0.15, 0.2) is 5.13 Å². The van der Waals surface area contributed by atoms with Crippen LogP contribution < -0.4 is 11.1 Å². The fourth-order valence-corrected chi connectivity index (χ4v) is 2.70. The summed E-state index contributed by atoms with van der Waals surface area (Å²) in [5.74, 6) is 0. The van der Waals surface area contributed by atoms with Crippen LogP contribution in [0.1, 0.15) is 10.4 Å². The number of benzene rings is 2. The van der Waals surface area contributed by atoms with Gasteiger partial charge < -0.3 is 11.1 Å². The van der Waals surface area contributed by atoms with Gasteiger partial charge in [-0.2, -0.15) is 0 Å². The Bertz CT molecular complexity index is 690. The maximum absolute atomic E-state index is 5.58. The summed E-state index contributed by atoms with van der Waals surface area (Å²) in [5.41, 5.74) is 6.83. The van der Waals surface area contributed by atoms with E-state index < -0.39 is 0 Å². The molecule has 3 nitrogen and oxygen atoms in total. The Kier molecular flexibility index (Phi) is 3.44. The number of fused-ring (bicyclic) bond motifs is 1. The maximum Gasteiger partial charge on any atom is 0.183 e. The molecule has 0 spiro atoms. The molecule has 0 aliphatic carbocycles. The van der Waals surface area contributed by atoms with Crippen molar-refractivity contribution in [3.05, 3.63) is 59.1 Å². The van der Waals surface area contributed by atoms with Gasteiger partial charge in [-0.25, -0.2) is 4.98 Å². The van der Waals surface area contributed by atoms with E-state index in [-0.39, 0.29) is 0 Å². The minimum Gasteiger partial charge on any atom is -0.357 e. The molecule has 3 aromatic rings. The molecule has 0 fully saturated rings. The second-order valence-corrected chi connectivity index (χ2v) is 5.49. The molecule has 4 heteroatoms. The molecule has 1 heterocycles. The van der Waals surface area contributed by atoms with Crippen molar-refractivity contribution in [3.8, 4) is 0 Å². The number of thiazole rings is 1. The van der Waals surface area contributed by atoms with E-state index in [4.69, 9.17) is 5.73 Å². The highest BCUT2D eigenvalue weighted by atomic mass is 32.1. The Labute approximate surface area is 116 Å². The molecule has 0 saturated carbocycles. The number of anilines is 1. The monoisotopic (exact) mass is 269 g/mol. The van der Waals surface area contributed by atoms with Crippen molar-refractivity contribution in [2.75, 3.05) is 5.32 Å². The molecular weight excluding hydrogens is 254 g/mol. The van der Waals surface area contributed by atoms with Crippen LogP contribution in [-0.2, 0) is 13.1 Å². The fraction of sp³-hybridized carbons (Fsp3) is 0.133. The van der Waals surface area contributed by atoms with Crippen molar-refractivity contribution in [1.29, 1.82) is 0 Å². The highest BCUT2D eigenvalue weighted by Crippen LogP contribution is 2.20. The van der Waals surface area contributed by atoms with E-state index in [0.29, 0.717) is 6.54 Å². The summed E-state index contributed by atoms with van der Waals surface area (Å²) >= 11 is 1.61. The maximum atomic E-state index is 5.58. The van der Waals surface area contributed by atoms with Gasteiger partial charge in [0.2, 0.25) is 0 Å². The van der Waals surface area contributed by atoms with Crippen molar-refractivity contribution in [3.63, 3.8) is 0 Å². The number of hydrogen-bond donors (Lipinski definition) is 2. The van der Waals surface area contributed by atoms with Gasteiger partial charge in [0.25, 0.3) is 0 Å². The lowest BCUT2D eigenvalue weighted by atomic mass is 10.1. The summed E-state index contributed by atoms with van der Waals surface area (Å²) in [5, 5.41) is 6.79. The van der Waals surface area contributed by atoms with Crippen LogP contribution in [-0.4, -0.2) is 4.98 Å². The highest BCUT2D eigenvalue weighted by Gasteiger charge is 2.01. The van der Waals surface area contributed by atoms with Gasteiger partial charge in [0.1, 0.15) is 0 Å². The zero-order chi connectivity index (χ0) is 13.1. The molecule has 0 atom stereocenters. The van der Waals surface area contributed by atoms with Gasteiger partial charge in [-0.15, -0.1) is 11.3 Å². The number of aromatic nitrogens is 1. The zero-order valence-corrected chi connectivity index (χ0v) is 11.3. The van der Waals surface area contributed by atoms with Crippen molar-refractivity contribution in [2.24, 2.45) is 5.73 Å². The van der Waals surface area contributed by atoms with Crippen molar-refractivity contribution in [1.82, 2.24) is 4.98 Å². The van der Waals surface area contributed by atoms with E-state index in [9.17, 15) is 0 Å². The van der Waals surface area contributed by atoms with E-state index >= 15 is 0 Å². The number of nitrogens with zero attached hydrogens (tertiary/aromatic N) is 1. The summed E-state index contributed by atoms with van der Waals surface area (Å²) in [4.78, 5) is 5.39. The van der Waals surface area contributed by atoms with Crippen LogP contribution in [0.4, 0.5) is 5.13 Å². The minimum atomic E-state index is 0.551. The second-order valence-electron chi connectivity index (χ2n) is 4.37. The first-order valence-electron chi connectivity index (χ1n) is 6.21. The normalized spacial score (nSPS) is 10.8. The molecule has 3 N–H and O–H groups in total. The third kappa shape index (κ3) is 2.75. The van der Waals surface area contributed by atoms with Gasteiger partial charge in [-0.1, -0.05) is 36.4 Å². The molecular formula is C15H15N3S. The lowest BCUT2D eigenvalue weighted by Gasteiger charge is -2.04. The summed E-state index contributed by atoms with van der Waals surface area (Å²) in [6, 6.07) is 14.9. The summed E-state index contributed by atoms with van der Waals surface area (Å²) in [6.45, 7) is 1.33. The van der Waals surface area contributed by atoms with Gasteiger partial charge in [0.05, 0.1) is 0 Å². The molecule has 0 aliphatic heterocycles. The lowest BCUT2D eigenvalue weighted by Crippen LogP contribution is -1.98. The predicted molar refractivity (Wildman–Crippen MR) is 81.3 cm³/mol. The van der Waals surface area contributed by atoms with Gasteiger partial charge >= 0.3 is 0 Å². The average Bonchev–Trinajstić information content (AvgIpc) is 2.93. The van der Waals surface area contributed by atoms with Gasteiger partial charge in [0, 0.05) is 24.2 Å². The third-order valence-corrected chi connectivity index (χ3v) is 3.99. The molecule has 0 aliphatic rings. The van der Waals surface area contributed by atoms with Crippen LogP contribution in [0, 0.1) is 0 Å². The van der Waals surface area contributed by atoms with Crippen LogP contribution >= 0.6 is 11.3 Å². The molecule has 2 aromatic carbocycles. The number of nitrogens with two attached hydrogens (primary N) is 1. The molecule has 3 rings (SSSR count). The van der Waals surface area contributed by atoms with Crippen LogP contribution in [0.2, 0.25) is 0 Å². The number of hydrogen-bond acceptors (Lipinski definition) is 4. The van der Waals surface area contributed by atoms with Crippen molar-refractivity contribution < 1.29 is 0 Å². The zero-order valence-electron chi connectivity index (χ0n) is 10.5. The van der Waals surface area contributed by atoms with E-state index in [1.165, 1.54) is 16.3 Å². The highest BCUT2D eigenvalue weighted by molar-refractivity contribution is 7.15. The molecule has 1 aromatic heterocycles.